The SMILES string of the molecule is CCCn1c(C)nnc1C(N)CCSC. The number of aryl methyl sites for hydroxylation is 1. The van der Waals surface area contributed by atoms with Gasteiger partial charge in [0.15, 0.2) is 0 Å². The Morgan fingerprint density at radius 3 is 2.80 bits per heavy atom. The van der Waals surface area contributed by atoms with E-state index in [4.69, 9.17) is 5.73 Å². The molecule has 0 radical (unpaired) electrons. The molecule has 0 bridgehead atoms. The van der Waals surface area contributed by atoms with Gasteiger partial charge in [-0.3, -0.25) is 0 Å². The fourth-order valence-corrected chi connectivity index (χ4v) is 2.04. The number of rotatable bonds is 6. The zero-order chi connectivity index (χ0) is 11.3. The molecule has 0 aliphatic heterocycles. The van der Waals surface area contributed by atoms with Gasteiger partial charge in [-0.1, -0.05) is 6.92 Å². The van der Waals surface area contributed by atoms with Gasteiger partial charge < -0.3 is 10.3 Å². The fourth-order valence-electron chi connectivity index (χ4n) is 1.55. The Labute approximate surface area is 95.6 Å². The molecular weight excluding hydrogens is 208 g/mol. The summed E-state index contributed by atoms with van der Waals surface area (Å²) in [5.74, 6) is 2.97. The summed E-state index contributed by atoms with van der Waals surface area (Å²) in [6.45, 7) is 5.09. The maximum Gasteiger partial charge on any atom is 0.150 e. The third-order valence-electron chi connectivity index (χ3n) is 2.38. The van der Waals surface area contributed by atoms with Crippen LogP contribution in [0.3, 0.4) is 0 Å². The van der Waals surface area contributed by atoms with Gasteiger partial charge in [0.2, 0.25) is 0 Å². The van der Waals surface area contributed by atoms with E-state index in [0.717, 1.165) is 36.8 Å². The number of nitrogens with two attached hydrogens (primary N) is 1. The highest BCUT2D eigenvalue weighted by Crippen LogP contribution is 2.15. The summed E-state index contributed by atoms with van der Waals surface area (Å²) in [6, 6.07) is 0.0187. The summed E-state index contributed by atoms with van der Waals surface area (Å²) in [4.78, 5) is 0. The molecular formula is C10H20N4S. The lowest BCUT2D eigenvalue weighted by Gasteiger charge is -2.12. The summed E-state index contributed by atoms with van der Waals surface area (Å²) in [5, 5.41) is 8.26. The van der Waals surface area contributed by atoms with Gasteiger partial charge in [0.05, 0.1) is 6.04 Å². The van der Waals surface area contributed by atoms with Gasteiger partial charge in [-0.15, -0.1) is 10.2 Å². The highest BCUT2D eigenvalue weighted by atomic mass is 32.2. The van der Waals surface area contributed by atoms with E-state index in [9.17, 15) is 0 Å². The summed E-state index contributed by atoms with van der Waals surface area (Å²) in [6.07, 6.45) is 4.14. The molecule has 1 aromatic rings. The van der Waals surface area contributed by atoms with Crippen molar-refractivity contribution < 1.29 is 0 Å². The average molecular weight is 228 g/mol. The van der Waals surface area contributed by atoms with Crippen LogP contribution >= 0.6 is 11.8 Å². The molecule has 4 nitrogen and oxygen atoms in total. The van der Waals surface area contributed by atoms with Crippen molar-refractivity contribution in [3.05, 3.63) is 11.6 Å². The van der Waals surface area contributed by atoms with E-state index >= 15 is 0 Å². The first-order valence-electron chi connectivity index (χ1n) is 5.34. The van der Waals surface area contributed by atoms with Crippen molar-refractivity contribution in [1.82, 2.24) is 14.8 Å². The molecule has 0 saturated carbocycles. The van der Waals surface area contributed by atoms with Crippen LogP contribution in [-0.2, 0) is 6.54 Å². The van der Waals surface area contributed by atoms with Gasteiger partial charge >= 0.3 is 0 Å². The highest BCUT2D eigenvalue weighted by molar-refractivity contribution is 7.98. The quantitative estimate of drug-likeness (QED) is 0.806. The molecule has 1 rings (SSSR count). The summed E-state index contributed by atoms with van der Waals surface area (Å²) < 4.78 is 2.13. The highest BCUT2D eigenvalue weighted by Gasteiger charge is 2.15. The number of aromatic nitrogens is 3. The molecule has 5 heteroatoms. The number of thioether (sulfide) groups is 1. The Balaban J connectivity index is 2.74. The van der Waals surface area contributed by atoms with Crippen LogP contribution in [0.5, 0.6) is 0 Å². The van der Waals surface area contributed by atoms with Crippen LogP contribution in [0.1, 0.15) is 37.5 Å². The fraction of sp³-hybridized carbons (Fsp3) is 0.800. The van der Waals surface area contributed by atoms with Gasteiger partial charge in [-0.25, -0.2) is 0 Å². The number of hydrogen-bond acceptors (Lipinski definition) is 4. The molecule has 0 aromatic carbocycles. The molecule has 1 atom stereocenters. The van der Waals surface area contributed by atoms with Crippen LogP contribution in [0.25, 0.3) is 0 Å². The Bertz CT molecular complexity index is 298. The molecule has 15 heavy (non-hydrogen) atoms. The first kappa shape index (κ1) is 12.5. The van der Waals surface area contributed by atoms with Crippen LogP contribution in [0.15, 0.2) is 0 Å². The number of hydrogen-bond donors (Lipinski definition) is 1. The van der Waals surface area contributed by atoms with Gasteiger partial charge in [0.25, 0.3) is 0 Å². The smallest absolute Gasteiger partial charge is 0.150 e. The first-order valence-corrected chi connectivity index (χ1v) is 6.74. The molecule has 0 aliphatic rings. The van der Waals surface area contributed by atoms with Crippen molar-refractivity contribution in [1.29, 1.82) is 0 Å². The summed E-state index contributed by atoms with van der Waals surface area (Å²) in [7, 11) is 0. The van der Waals surface area contributed by atoms with E-state index in [2.05, 4.69) is 27.9 Å². The maximum absolute atomic E-state index is 6.09. The third kappa shape index (κ3) is 3.21. The lowest BCUT2D eigenvalue weighted by Crippen LogP contribution is -2.18. The topological polar surface area (TPSA) is 56.7 Å². The minimum atomic E-state index is 0.0187. The normalized spacial score (nSPS) is 13.1. The lowest BCUT2D eigenvalue weighted by atomic mass is 10.2. The first-order chi connectivity index (χ1) is 7.20. The van der Waals surface area contributed by atoms with E-state index in [-0.39, 0.29) is 6.04 Å². The monoisotopic (exact) mass is 228 g/mol. The van der Waals surface area contributed by atoms with Gasteiger partial charge in [-0.2, -0.15) is 11.8 Å². The van der Waals surface area contributed by atoms with Crippen molar-refractivity contribution in [3.63, 3.8) is 0 Å². The predicted octanol–water partition coefficient (Wildman–Crippen LogP) is 1.75. The summed E-state index contributed by atoms with van der Waals surface area (Å²) in [5.41, 5.74) is 6.09. The molecule has 0 amide bonds. The standard InChI is InChI=1S/C10H20N4S/c1-4-6-14-8(2)12-13-10(14)9(11)5-7-15-3/h9H,4-7,11H2,1-3H3. The average Bonchev–Trinajstić information content (AvgIpc) is 2.58. The lowest BCUT2D eigenvalue weighted by molar-refractivity contribution is 0.561. The second kappa shape index (κ2) is 6.12. The van der Waals surface area contributed by atoms with E-state index in [1.165, 1.54) is 0 Å². The number of nitrogens with zero attached hydrogens (tertiary/aromatic N) is 3. The van der Waals surface area contributed by atoms with Crippen molar-refractivity contribution in [2.45, 2.75) is 39.3 Å². The third-order valence-corrected chi connectivity index (χ3v) is 3.02. The molecule has 1 heterocycles. The zero-order valence-corrected chi connectivity index (χ0v) is 10.5. The molecule has 0 aliphatic carbocycles. The van der Waals surface area contributed by atoms with Crippen LogP contribution < -0.4 is 5.73 Å². The van der Waals surface area contributed by atoms with Crippen molar-refractivity contribution >= 4 is 11.8 Å². The van der Waals surface area contributed by atoms with Crippen LogP contribution in [0, 0.1) is 6.92 Å². The van der Waals surface area contributed by atoms with E-state index in [1.807, 2.05) is 18.7 Å². The minimum absolute atomic E-state index is 0.0187. The predicted molar refractivity (Wildman–Crippen MR) is 65.0 cm³/mol. The van der Waals surface area contributed by atoms with Crippen molar-refractivity contribution in [3.8, 4) is 0 Å². The Kier molecular flexibility index (Phi) is 5.11. The Hall–Kier alpha value is -0.550. The second-order valence-electron chi connectivity index (χ2n) is 3.65. The molecule has 2 N–H and O–H groups in total. The molecule has 1 unspecified atom stereocenters. The Morgan fingerprint density at radius 2 is 2.20 bits per heavy atom. The molecule has 86 valence electrons. The van der Waals surface area contributed by atoms with E-state index < -0.39 is 0 Å². The van der Waals surface area contributed by atoms with Crippen molar-refractivity contribution in [2.75, 3.05) is 12.0 Å². The second-order valence-corrected chi connectivity index (χ2v) is 4.63. The minimum Gasteiger partial charge on any atom is -0.321 e. The van der Waals surface area contributed by atoms with E-state index in [1.54, 1.807) is 0 Å². The van der Waals surface area contributed by atoms with Gasteiger partial charge in [0.1, 0.15) is 11.6 Å². The van der Waals surface area contributed by atoms with Gasteiger partial charge in [0, 0.05) is 6.54 Å². The largest absolute Gasteiger partial charge is 0.321 e. The maximum atomic E-state index is 6.09. The van der Waals surface area contributed by atoms with Gasteiger partial charge in [-0.05, 0) is 31.8 Å². The molecule has 0 fully saturated rings. The van der Waals surface area contributed by atoms with E-state index in [0.29, 0.717) is 0 Å². The van der Waals surface area contributed by atoms with Crippen LogP contribution in [-0.4, -0.2) is 26.8 Å². The molecule has 1 aromatic heterocycles. The molecule has 0 saturated heterocycles. The Morgan fingerprint density at radius 1 is 1.47 bits per heavy atom. The molecule has 0 spiro atoms. The summed E-state index contributed by atoms with van der Waals surface area (Å²) >= 11 is 1.81. The van der Waals surface area contributed by atoms with Crippen LogP contribution in [0.4, 0.5) is 0 Å². The zero-order valence-electron chi connectivity index (χ0n) is 9.73. The van der Waals surface area contributed by atoms with Crippen molar-refractivity contribution in [2.24, 2.45) is 5.73 Å². The van der Waals surface area contributed by atoms with Crippen LogP contribution in [0.2, 0.25) is 0 Å².